The second kappa shape index (κ2) is 3.69. The van der Waals surface area contributed by atoms with Crippen LogP contribution < -0.4 is 0 Å². The average Bonchev–Trinajstić information content (AvgIpc) is 2.54. The Morgan fingerprint density at radius 3 is 2.50 bits per heavy atom. The zero-order valence-corrected chi connectivity index (χ0v) is 9.09. The van der Waals surface area contributed by atoms with Gasteiger partial charge < -0.3 is 0 Å². The van der Waals surface area contributed by atoms with E-state index in [2.05, 4.69) is 36.0 Å². The minimum atomic E-state index is 0.540. The lowest BCUT2D eigenvalue weighted by atomic mass is 9.98. The van der Waals surface area contributed by atoms with Crippen molar-refractivity contribution in [1.29, 1.82) is 0 Å². The van der Waals surface area contributed by atoms with Gasteiger partial charge in [-0.05, 0) is 12.8 Å². The maximum atomic E-state index is 4.02. The number of likely N-dealkylation sites (tertiary alicyclic amines) is 1. The summed E-state index contributed by atoms with van der Waals surface area (Å²) in [5.74, 6) is 0.728. The molecule has 1 aliphatic heterocycles. The maximum absolute atomic E-state index is 4.02. The Labute approximate surface area is 84.9 Å². The number of hydrogen-bond donors (Lipinski definition) is 0. The van der Waals surface area contributed by atoms with Crippen molar-refractivity contribution in [1.82, 2.24) is 19.9 Å². The zero-order valence-electron chi connectivity index (χ0n) is 9.09. The molecule has 0 radical (unpaired) electrons. The Hall–Kier alpha value is -0.900. The van der Waals surface area contributed by atoms with Crippen LogP contribution in [0.3, 0.4) is 0 Å². The minimum absolute atomic E-state index is 0.540. The molecule has 2 heterocycles. The molecule has 78 valence electrons. The van der Waals surface area contributed by atoms with Gasteiger partial charge in [0.1, 0.15) is 0 Å². The fourth-order valence-corrected chi connectivity index (χ4v) is 1.82. The third kappa shape index (κ3) is 1.66. The molecular formula is C10H18N4. The molecule has 0 amide bonds. The lowest BCUT2D eigenvalue weighted by Gasteiger charge is -2.44. The molecule has 1 aliphatic rings. The Morgan fingerprint density at radius 1 is 1.29 bits per heavy atom. The molecular weight excluding hydrogens is 176 g/mol. The summed E-state index contributed by atoms with van der Waals surface area (Å²) in [4.78, 5) is 2.50. The van der Waals surface area contributed by atoms with Crippen molar-refractivity contribution >= 4 is 0 Å². The standard InChI is InChI=1S/C10H18N4/c1-8(2)9(3)13-6-10(7-13)14-5-4-11-12-14/h4-5,8-10H,6-7H2,1-3H3. The number of nitrogens with zero attached hydrogens (tertiary/aromatic N) is 4. The van der Waals surface area contributed by atoms with Crippen molar-refractivity contribution in [2.24, 2.45) is 5.92 Å². The summed E-state index contributed by atoms with van der Waals surface area (Å²) in [6.45, 7) is 9.06. The smallest absolute Gasteiger partial charge is 0.0790 e. The Balaban J connectivity index is 1.85. The van der Waals surface area contributed by atoms with Crippen LogP contribution in [-0.4, -0.2) is 39.0 Å². The molecule has 0 aliphatic carbocycles. The fourth-order valence-electron chi connectivity index (χ4n) is 1.82. The number of hydrogen-bond acceptors (Lipinski definition) is 3. The highest BCUT2D eigenvalue weighted by Gasteiger charge is 2.32. The molecule has 1 saturated heterocycles. The van der Waals surface area contributed by atoms with Crippen molar-refractivity contribution in [2.75, 3.05) is 13.1 Å². The van der Waals surface area contributed by atoms with Gasteiger partial charge in [-0.25, -0.2) is 4.68 Å². The number of aromatic nitrogens is 3. The molecule has 0 N–H and O–H groups in total. The molecule has 1 aromatic heterocycles. The minimum Gasteiger partial charge on any atom is -0.296 e. The first-order valence-electron chi connectivity index (χ1n) is 5.28. The highest BCUT2D eigenvalue weighted by atomic mass is 15.5. The van der Waals surface area contributed by atoms with Crippen LogP contribution in [0.2, 0.25) is 0 Å². The van der Waals surface area contributed by atoms with Crippen LogP contribution in [0.1, 0.15) is 26.8 Å². The quantitative estimate of drug-likeness (QED) is 0.724. The molecule has 14 heavy (non-hydrogen) atoms. The second-order valence-corrected chi connectivity index (χ2v) is 4.48. The van der Waals surface area contributed by atoms with Gasteiger partial charge in [0.15, 0.2) is 0 Å². The molecule has 0 bridgehead atoms. The Bertz CT molecular complexity index is 274. The van der Waals surface area contributed by atoms with Gasteiger partial charge in [0.2, 0.25) is 0 Å². The molecule has 4 heteroatoms. The third-order valence-corrected chi connectivity index (χ3v) is 3.25. The van der Waals surface area contributed by atoms with Gasteiger partial charge in [-0.1, -0.05) is 19.1 Å². The summed E-state index contributed by atoms with van der Waals surface area (Å²) < 4.78 is 1.96. The predicted molar refractivity (Wildman–Crippen MR) is 54.9 cm³/mol. The van der Waals surface area contributed by atoms with Gasteiger partial charge in [0.05, 0.1) is 12.2 Å². The molecule has 0 spiro atoms. The van der Waals surface area contributed by atoms with Crippen molar-refractivity contribution in [2.45, 2.75) is 32.9 Å². The first-order chi connectivity index (χ1) is 6.68. The summed E-state index contributed by atoms with van der Waals surface area (Å²) in [5.41, 5.74) is 0. The van der Waals surface area contributed by atoms with Crippen LogP contribution in [0.25, 0.3) is 0 Å². The lowest BCUT2D eigenvalue weighted by molar-refractivity contribution is 0.0399. The predicted octanol–water partition coefficient (Wildman–Crippen LogP) is 1.18. The van der Waals surface area contributed by atoms with Gasteiger partial charge in [-0.15, -0.1) is 5.10 Å². The van der Waals surface area contributed by atoms with Gasteiger partial charge in [-0.2, -0.15) is 0 Å². The van der Waals surface area contributed by atoms with E-state index in [0.29, 0.717) is 12.1 Å². The van der Waals surface area contributed by atoms with Crippen LogP contribution in [0.5, 0.6) is 0 Å². The molecule has 1 fully saturated rings. The van der Waals surface area contributed by atoms with Gasteiger partial charge in [0.25, 0.3) is 0 Å². The normalized spacial score (nSPS) is 21.1. The zero-order chi connectivity index (χ0) is 10.1. The van der Waals surface area contributed by atoms with E-state index in [-0.39, 0.29) is 0 Å². The van der Waals surface area contributed by atoms with Crippen LogP contribution in [0.4, 0.5) is 0 Å². The van der Waals surface area contributed by atoms with Crippen LogP contribution in [0, 0.1) is 5.92 Å². The Morgan fingerprint density at radius 2 is 2.00 bits per heavy atom. The highest BCUT2D eigenvalue weighted by molar-refractivity contribution is 4.89. The highest BCUT2D eigenvalue weighted by Crippen LogP contribution is 2.24. The molecule has 1 aromatic rings. The topological polar surface area (TPSA) is 34.0 Å². The molecule has 2 rings (SSSR count). The van der Waals surface area contributed by atoms with Gasteiger partial charge in [0, 0.05) is 25.3 Å². The monoisotopic (exact) mass is 194 g/mol. The van der Waals surface area contributed by atoms with E-state index in [4.69, 9.17) is 0 Å². The van der Waals surface area contributed by atoms with E-state index < -0.39 is 0 Å². The van der Waals surface area contributed by atoms with E-state index in [1.54, 1.807) is 6.20 Å². The van der Waals surface area contributed by atoms with Crippen molar-refractivity contribution in [3.63, 3.8) is 0 Å². The molecule has 0 saturated carbocycles. The number of rotatable bonds is 3. The summed E-state index contributed by atoms with van der Waals surface area (Å²) >= 11 is 0. The lowest BCUT2D eigenvalue weighted by Crippen LogP contribution is -2.53. The van der Waals surface area contributed by atoms with Crippen LogP contribution in [0.15, 0.2) is 12.4 Å². The first kappa shape index (κ1) is 9.65. The second-order valence-electron chi connectivity index (χ2n) is 4.48. The Kier molecular flexibility index (Phi) is 2.54. The fraction of sp³-hybridized carbons (Fsp3) is 0.800. The van der Waals surface area contributed by atoms with Crippen molar-refractivity contribution in [3.8, 4) is 0 Å². The van der Waals surface area contributed by atoms with E-state index in [1.165, 1.54) is 0 Å². The SMILES string of the molecule is CC(C)C(C)N1CC(n2ccnn2)C1. The summed E-state index contributed by atoms with van der Waals surface area (Å²) in [6, 6.07) is 1.22. The van der Waals surface area contributed by atoms with E-state index >= 15 is 0 Å². The molecule has 1 unspecified atom stereocenters. The van der Waals surface area contributed by atoms with Crippen LogP contribution >= 0.6 is 0 Å². The molecule has 1 atom stereocenters. The van der Waals surface area contributed by atoms with Gasteiger partial charge in [-0.3, -0.25) is 4.90 Å². The third-order valence-electron chi connectivity index (χ3n) is 3.25. The van der Waals surface area contributed by atoms with Crippen molar-refractivity contribution < 1.29 is 0 Å². The maximum Gasteiger partial charge on any atom is 0.0790 e. The summed E-state index contributed by atoms with van der Waals surface area (Å²) in [6.07, 6.45) is 3.69. The largest absolute Gasteiger partial charge is 0.296 e. The molecule has 4 nitrogen and oxygen atoms in total. The van der Waals surface area contributed by atoms with E-state index in [0.717, 1.165) is 19.0 Å². The van der Waals surface area contributed by atoms with Crippen LogP contribution in [-0.2, 0) is 0 Å². The molecule has 0 aromatic carbocycles. The van der Waals surface area contributed by atoms with E-state index in [1.807, 2.05) is 10.9 Å². The van der Waals surface area contributed by atoms with Crippen molar-refractivity contribution in [3.05, 3.63) is 12.4 Å². The average molecular weight is 194 g/mol. The van der Waals surface area contributed by atoms with E-state index in [9.17, 15) is 0 Å². The summed E-state index contributed by atoms with van der Waals surface area (Å²) in [7, 11) is 0. The summed E-state index contributed by atoms with van der Waals surface area (Å²) in [5, 5.41) is 7.84. The van der Waals surface area contributed by atoms with Gasteiger partial charge >= 0.3 is 0 Å². The first-order valence-corrected chi connectivity index (χ1v) is 5.28.